The van der Waals surface area contributed by atoms with Crippen molar-refractivity contribution in [1.29, 1.82) is 0 Å². The van der Waals surface area contributed by atoms with E-state index in [-0.39, 0.29) is 0 Å². The minimum Gasteiger partial charge on any atom is -0.367 e. The molecule has 1 fully saturated rings. The second-order valence-corrected chi connectivity index (χ2v) is 4.57. The zero-order valence-corrected chi connectivity index (χ0v) is 9.78. The molecule has 1 saturated carbocycles. The number of rotatable bonds is 4. The zero-order valence-electron chi connectivity index (χ0n) is 9.78. The van der Waals surface area contributed by atoms with Gasteiger partial charge in [0.15, 0.2) is 0 Å². The topological polar surface area (TPSA) is 50.9 Å². The molecule has 16 heavy (non-hydrogen) atoms. The number of anilines is 1. The summed E-state index contributed by atoms with van der Waals surface area (Å²) in [5, 5.41) is 3.51. The van der Waals surface area contributed by atoms with Crippen LogP contribution in [0.4, 0.5) is 5.82 Å². The summed E-state index contributed by atoms with van der Waals surface area (Å²) < 4.78 is 0. The van der Waals surface area contributed by atoms with Gasteiger partial charge in [0.05, 0.1) is 0 Å². The fourth-order valence-corrected chi connectivity index (χ4v) is 2.28. The van der Waals surface area contributed by atoms with Crippen molar-refractivity contribution in [3.05, 3.63) is 23.9 Å². The molecule has 1 heterocycles. The van der Waals surface area contributed by atoms with Crippen LogP contribution in [0.15, 0.2) is 18.3 Å². The standard InChI is InChI=1S/C13H21N3/c14-9-8-11-6-7-13(15-10-11)16-12-4-2-1-3-5-12/h6-7,10,12H,1-5,8-9,14H2,(H,15,16). The highest BCUT2D eigenvalue weighted by Gasteiger charge is 2.12. The van der Waals surface area contributed by atoms with Crippen LogP contribution in [0.2, 0.25) is 0 Å². The lowest BCUT2D eigenvalue weighted by atomic mass is 9.95. The van der Waals surface area contributed by atoms with Gasteiger partial charge in [-0.15, -0.1) is 0 Å². The molecule has 0 amide bonds. The lowest BCUT2D eigenvalue weighted by molar-refractivity contribution is 0.462. The predicted octanol–water partition coefficient (Wildman–Crippen LogP) is 2.33. The molecule has 0 aromatic carbocycles. The quantitative estimate of drug-likeness (QED) is 0.817. The van der Waals surface area contributed by atoms with Crippen molar-refractivity contribution in [3.63, 3.8) is 0 Å². The summed E-state index contributed by atoms with van der Waals surface area (Å²) in [7, 11) is 0. The van der Waals surface area contributed by atoms with E-state index >= 15 is 0 Å². The van der Waals surface area contributed by atoms with Gasteiger partial charge < -0.3 is 11.1 Å². The van der Waals surface area contributed by atoms with Gasteiger partial charge in [0.25, 0.3) is 0 Å². The molecule has 3 heteroatoms. The molecule has 0 aliphatic heterocycles. The van der Waals surface area contributed by atoms with Crippen LogP contribution in [0.1, 0.15) is 37.7 Å². The highest BCUT2D eigenvalue weighted by atomic mass is 15.0. The van der Waals surface area contributed by atoms with Crippen LogP contribution in [-0.4, -0.2) is 17.6 Å². The predicted molar refractivity (Wildman–Crippen MR) is 67.5 cm³/mol. The summed E-state index contributed by atoms with van der Waals surface area (Å²) in [6.07, 6.45) is 9.50. The van der Waals surface area contributed by atoms with E-state index < -0.39 is 0 Å². The van der Waals surface area contributed by atoms with Gasteiger partial charge in [-0.25, -0.2) is 4.98 Å². The third-order valence-corrected chi connectivity index (χ3v) is 3.21. The molecule has 0 saturated heterocycles. The Morgan fingerprint density at radius 3 is 2.69 bits per heavy atom. The first-order valence-electron chi connectivity index (χ1n) is 6.30. The van der Waals surface area contributed by atoms with Crippen LogP contribution < -0.4 is 11.1 Å². The summed E-state index contributed by atoms with van der Waals surface area (Å²) in [6.45, 7) is 0.692. The first kappa shape index (κ1) is 11.4. The number of hydrogen-bond donors (Lipinski definition) is 2. The van der Waals surface area contributed by atoms with E-state index in [0.29, 0.717) is 12.6 Å². The summed E-state index contributed by atoms with van der Waals surface area (Å²) in [6, 6.07) is 4.81. The summed E-state index contributed by atoms with van der Waals surface area (Å²) in [5.74, 6) is 1.01. The van der Waals surface area contributed by atoms with Crippen molar-refractivity contribution in [2.75, 3.05) is 11.9 Å². The molecule has 3 nitrogen and oxygen atoms in total. The maximum atomic E-state index is 5.50. The number of nitrogens with zero attached hydrogens (tertiary/aromatic N) is 1. The molecule has 2 rings (SSSR count). The number of pyridine rings is 1. The van der Waals surface area contributed by atoms with Crippen LogP contribution >= 0.6 is 0 Å². The fraction of sp³-hybridized carbons (Fsp3) is 0.615. The zero-order chi connectivity index (χ0) is 11.2. The fourth-order valence-electron chi connectivity index (χ4n) is 2.28. The van der Waals surface area contributed by atoms with Gasteiger partial charge in [-0.2, -0.15) is 0 Å². The maximum absolute atomic E-state index is 5.50. The molecule has 1 aromatic heterocycles. The van der Waals surface area contributed by atoms with E-state index in [9.17, 15) is 0 Å². The summed E-state index contributed by atoms with van der Waals surface area (Å²) in [5.41, 5.74) is 6.72. The molecular formula is C13H21N3. The minimum absolute atomic E-state index is 0.626. The molecule has 3 N–H and O–H groups in total. The molecule has 0 radical (unpaired) electrons. The monoisotopic (exact) mass is 219 g/mol. The first-order valence-corrected chi connectivity index (χ1v) is 6.30. The molecular weight excluding hydrogens is 198 g/mol. The number of nitrogens with two attached hydrogens (primary N) is 1. The smallest absolute Gasteiger partial charge is 0.126 e. The van der Waals surface area contributed by atoms with Crippen LogP contribution in [0.25, 0.3) is 0 Å². The normalized spacial score (nSPS) is 17.3. The van der Waals surface area contributed by atoms with Crippen molar-refractivity contribution in [1.82, 2.24) is 4.98 Å². The van der Waals surface area contributed by atoms with Gasteiger partial charge in [-0.1, -0.05) is 25.3 Å². The van der Waals surface area contributed by atoms with E-state index in [1.54, 1.807) is 0 Å². The van der Waals surface area contributed by atoms with Crippen LogP contribution in [0, 0.1) is 0 Å². The Bertz CT molecular complexity index is 301. The molecule has 0 spiro atoms. The molecule has 0 atom stereocenters. The van der Waals surface area contributed by atoms with Gasteiger partial charge in [0.2, 0.25) is 0 Å². The Labute approximate surface area is 97.5 Å². The molecule has 1 aliphatic rings. The van der Waals surface area contributed by atoms with Crippen molar-refractivity contribution < 1.29 is 0 Å². The van der Waals surface area contributed by atoms with Gasteiger partial charge >= 0.3 is 0 Å². The van der Waals surface area contributed by atoms with E-state index in [1.165, 1.54) is 37.7 Å². The Kier molecular flexibility index (Phi) is 4.17. The lowest BCUT2D eigenvalue weighted by Crippen LogP contribution is -2.22. The third-order valence-electron chi connectivity index (χ3n) is 3.21. The molecule has 1 aliphatic carbocycles. The summed E-state index contributed by atoms with van der Waals surface area (Å²) in [4.78, 5) is 4.42. The van der Waals surface area contributed by atoms with Gasteiger partial charge in [0.1, 0.15) is 5.82 Å². The summed E-state index contributed by atoms with van der Waals surface area (Å²) >= 11 is 0. The first-order chi connectivity index (χ1) is 7.88. The van der Waals surface area contributed by atoms with E-state index in [4.69, 9.17) is 5.73 Å². The second kappa shape index (κ2) is 5.85. The Morgan fingerprint density at radius 1 is 1.25 bits per heavy atom. The van der Waals surface area contributed by atoms with Crippen LogP contribution in [0.5, 0.6) is 0 Å². The number of aromatic nitrogens is 1. The molecule has 88 valence electrons. The van der Waals surface area contributed by atoms with E-state index in [0.717, 1.165) is 12.2 Å². The van der Waals surface area contributed by atoms with Crippen LogP contribution in [-0.2, 0) is 6.42 Å². The number of hydrogen-bond acceptors (Lipinski definition) is 3. The van der Waals surface area contributed by atoms with Crippen molar-refractivity contribution in [2.45, 2.75) is 44.6 Å². The number of nitrogens with one attached hydrogen (secondary N) is 1. The SMILES string of the molecule is NCCc1ccc(NC2CCCCC2)nc1. The van der Waals surface area contributed by atoms with Crippen LogP contribution in [0.3, 0.4) is 0 Å². The highest BCUT2D eigenvalue weighted by Crippen LogP contribution is 2.20. The highest BCUT2D eigenvalue weighted by molar-refractivity contribution is 5.36. The maximum Gasteiger partial charge on any atom is 0.126 e. The molecule has 0 bridgehead atoms. The lowest BCUT2D eigenvalue weighted by Gasteiger charge is -2.23. The second-order valence-electron chi connectivity index (χ2n) is 4.57. The van der Waals surface area contributed by atoms with Gasteiger partial charge in [-0.05, 0) is 37.4 Å². The Morgan fingerprint density at radius 2 is 2.06 bits per heavy atom. The Hall–Kier alpha value is -1.09. The van der Waals surface area contributed by atoms with Crippen molar-refractivity contribution >= 4 is 5.82 Å². The van der Waals surface area contributed by atoms with E-state index in [2.05, 4.69) is 22.4 Å². The van der Waals surface area contributed by atoms with Crippen molar-refractivity contribution in [2.24, 2.45) is 5.73 Å². The molecule has 0 unspecified atom stereocenters. The van der Waals surface area contributed by atoms with Crippen molar-refractivity contribution in [3.8, 4) is 0 Å². The average Bonchev–Trinajstić information content (AvgIpc) is 2.33. The van der Waals surface area contributed by atoms with E-state index in [1.807, 2.05) is 6.20 Å². The average molecular weight is 219 g/mol. The van der Waals surface area contributed by atoms with Gasteiger partial charge in [-0.3, -0.25) is 0 Å². The Balaban J connectivity index is 1.88. The molecule has 1 aromatic rings. The minimum atomic E-state index is 0.626. The van der Waals surface area contributed by atoms with Gasteiger partial charge in [0, 0.05) is 12.2 Å². The largest absolute Gasteiger partial charge is 0.367 e. The third kappa shape index (κ3) is 3.20.